The second-order valence-corrected chi connectivity index (χ2v) is 4.63. The Balaban J connectivity index is 2.63. The molecule has 0 bridgehead atoms. The van der Waals surface area contributed by atoms with Crippen LogP contribution in [0.3, 0.4) is 0 Å². The molecule has 1 rings (SSSR count). The molecule has 1 saturated heterocycles. The fraction of sp³-hybridized carbons (Fsp3) is 0.909. The van der Waals surface area contributed by atoms with Gasteiger partial charge in [0.2, 0.25) is 5.91 Å². The summed E-state index contributed by atoms with van der Waals surface area (Å²) in [5.41, 5.74) is 5.53. The molecule has 1 aliphatic heterocycles. The average molecular weight is 213 g/mol. The molecule has 4 nitrogen and oxygen atoms in total. The molecule has 0 aromatic carbocycles. The van der Waals surface area contributed by atoms with Crippen LogP contribution in [0, 0.1) is 5.92 Å². The summed E-state index contributed by atoms with van der Waals surface area (Å²) in [6, 6.07) is 0.305. The maximum atomic E-state index is 12.0. The smallest absolute Gasteiger partial charge is 0.226 e. The van der Waals surface area contributed by atoms with E-state index in [1.54, 1.807) is 0 Å². The topological polar surface area (TPSA) is 49.6 Å². The Morgan fingerprint density at radius 2 is 2.20 bits per heavy atom. The second kappa shape index (κ2) is 5.47. The van der Waals surface area contributed by atoms with Gasteiger partial charge >= 0.3 is 0 Å². The summed E-state index contributed by atoms with van der Waals surface area (Å²) in [4.78, 5) is 16.3. The lowest BCUT2D eigenvalue weighted by atomic mass is 10.1. The van der Waals surface area contributed by atoms with E-state index in [1.165, 1.54) is 0 Å². The minimum atomic E-state index is -0.0455. The molecule has 1 aliphatic rings. The fourth-order valence-electron chi connectivity index (χ4n) is 2.08. The Bertz CT molecular complexity index is 220. The first kappa shape index (κ1) is 12.5. The van der Waals surface area contributed by atoms with Gasteiger partial charge < -0.3 is 15.5 Å². The summed E-state index contributed by atoms with van der Waals surface area (Å²) < 4.78 is 0. The van der Waals surface area contributed by atoms with Crippen molar-refractivity contribution in [2.24, 2.45) is 11.7 Å². The zero-order valence-electron chi connectivity index (χ0n) is 10.1. The zero-order chi connectivity index (χ0) is 11.4. The maximum absolute atomic E-state index is 12.0. The Kier molecular flexibility index (Phi) is 4.54. The van der Waals surface area contributed by atoms with E-state index in [4.69, 9.17) is 5.73 Å². The fourth-order valence-corrected chi connectivity index (χ4v) is 2.08. The zero-order valence-corrected chi connectivity index (χ0v) is 10.1. The third-order valence-corrected chi connectivity index (χ3v) is 3.11. The van der Waals surface area contributed by atoms with E-state index < -0.39 is 0 Å². The van der Waals surface area contributed by atoms with Gasteiger partial charge in [0, 0.05) is 31.6 Å². The van der Waals surface area contributed by atoms with Crippen LogP contribution in [-0.2, 0) is 4.79 Å². The molecule has 0 spiro atoms. The Labute approximate surface area is 92.4 Å². The van der Waals surface area contributed by atoms with Crippen molar-refractivity contribution in [3.63, 3.8) is 0 Å². The van der Waals surface area contributed by atoms with Gasteiger partial charge in [-0.3, -0.25) is 4.79 Å². The van der Waals surface area contributed by atoms with E-state index in [2.05, 4.69) is 18.9 Å². The summed E-state index contributed by atoms with van der Waals surface area (Å²) in [7, 11) is 2.11. The summed E-state index contributed by atoms with van der Waals surface area (Å²) in [6.07, 6.45) is 1.06. The van der Waals surface area contributed by atoms with Crippen LogP contribution < -0.4 is 5.73 Å². The molecule has 15 heavy (non-hydrogen) atoms. The first-order valence-corrected chi connectivity index (χ1v) is 5.75. The van der Waals surface area contributed by atoms with Crippen molar-refractivity contribution in [2.45, 2.75) is 26.3 Å². The van der Waals surface area contributed by atoms with Crippen LogP contribution in [0.2, 0.25) is 0 Å². The minimum absolute atomic E-state index is 0.0455. The lowest BCUT2D eigenvalue weighted by Crippen LogP contribution is -2.45. The van der Waals surface area contributed by atoms with Crippen molar-refractivity contribution in [3.8, 4) is 0 Å². The first-order chi connectivity index (χ1) is 7.06. The van der Waals surface area contributed by atoms with Gasteiger partial charge in [0.1, 0.15) is 0 Å². The van der Waals surface area contributed by atoms with E-state index in [0.717, 1.165) is 26.1 Å². The van der Waals surface area contributed by atoms with Crippen LogP contribution >= 0.6 is 0 Å². The van der Waals surface area contributed by atoms with Crippen molar-refractivity contribution in [1.29, 1.82) is 0 Å². The summed E-state index contributed by atoms with van der Waals surface area (Å²) in [5.74, 6) is 0.163. The molecule has 0 aliphatic carbocycles. The molecule has 4 heteroatoms. The normalized spacial score (nSPS) is 26.1. The predicted octanol–water partition coefficient (Wildman–Crippen LogP) is 0.134. The van der Waals surface area contributed by atoms with Crippen molar-refractivity contribution >= 4 is 5.91 Å². The molecule has 1 amide bonds. The van der Waals surface area contributed by atoms with Gasteiger partial charge in [-0.15, -0.1) is 0 Å². The molecule has 2 unspecified atom stereocenters. The van der Waals surface area contributed by atoms with Crippen molar-refractivity contribution in [3.05, 3.63) is 0 Å². The maximum Gasteiger partial charge on any atom is 0.226 e. The Morgan fingerprint density at radius 1 is 1.53 bits per heavy atom. The van der Waals surface area contributed by atoms with E-state index >= 15 is 0 Å². The highest BCUT2D eigenvalue weighted by atomic mass is 16.2. The van der Waals surface area contributed by atoms with Crippen LogP contribution in [-0.4, -0.2) is 55.0 Å². The average Bonchev–Trinajstić information content (AvgIpc) is 2.37. The van der Waals surface area contributed by atoms with E-state index in [9.17, 15) is 4.79 Å². The van der Waals surface area contributed by atoms with E-state index in [0.29, 0.717) is 12.6 Å². The SMILES string of the molecule is CC(CN)C(=O)N1CCCN(C)CC1C. The number of nitrogens with zero attached hydrogens (tertiary/aromatic N) is 2. The highest BCUT2D eigenvalue weighted by molar-refractivity contribution is 5.79. The molecular formula is C11H23N3O. The van der Waals surface area contributed by atoms with Crippen LogP contribution in [0.15, 0.2) is 0 Å². The molecule has 1 heterocycles. The molecular weight excluding hydrogens is 190 g/mol. The highest BCUT2D eigenvalue weighted by Crippen LogP contribution is 2.12. The molecule has 0 aromatic heterocycles. The lowest BCUT2D eigenvalue weighted by molar-refractivity contribution is -0.136. The monoisotopic (exact) mass is 213 g/mol. The molecule has 2 N–H and O–H groups in total. The van der Waals surface area contributed by atoms with Gasteiger partial charge in [0.05, 0.1) is 0 Å². The van der Waals surface area contributed by atoms with E-state index in [-0.39, 0.29) is 11.8 Å². The number of likely N-dealkylation sites (N-methyl/N-ethyl adjacent to an activating group) is 1. The predicted molar refractivity (Wildman–Crippen MR) is 61.5 cm³/mol. The number of carbonyl (C=O) groups excluding carboxylic acids is 1. The molecule has 88 valence electrons. The largest absolute Gasteiger partial charge is 0.338 e. The van der Waals surface area contributed by atoms with Crippen molar-refractivity contribution < 1.29 is 4.79 Å². The van der Waals surface area contributed by atoms with Gasteiger partial charge in [-0.05, 0) is 26.9 Å². The van der Waals surface area contributed by atoms with E-state index in [1.807, 2.05) is 11.8 Å². The molecule has 0 radical (unpaired) electrons. The molecule has 0 saturated carbocycles. The highest BCUT2D eigenvalue weighted by Gasteiger charge is 2.26. The summed E-state index contributed by atoms with van der Waals surface area (Å²) in [6.45, 7) is 7.37. The number of nitrogens with two attached hydrogens (primary N) is 1. The molecule has 2 atom stereocenters. The van der Waals surface area contributed by atoms with Crippen molar-refractivity contribution in [2.75, 3.05) is 33.2 Å². The van der Waals surface area contributed by atoms with Gasteiger partial charge in [-0.1, -0.05) is 6.92 Å². The van der Waals surface area contributed by atoms with Gasteiger partial charge in [-0.2, -0.15) is 0 Å². The van der Waals surface area contributed by atoms with Gasteiger partial charge in [0.15, 0.2) is 0 Å². The summed E-state index contributed by atoms with van der Waals surface area (Å²) >= 11 is 0. The number of rotatable bonds is 2. The van der Waals surface area contributed by atoms with Crippen LogP contribution in [0.4, 0.5) is 0 Å². The first-order valence-electron chi connectivity index (χ1n) is 5.75. The second-order valence-electron chi connectivity index (χ2n) is 4.63. The van der Waals surface area contributed by atoms with Gasteiger partial charge in [0.25, 0.3) is 0 Å². The Morgan fingerprint density at radius 3 is 2.80 bits per heavy atom. The summed E-state index contributed by atoms with van der Waals surface area (Å²) in [5, 5.41) is 0. The van der Waals surface area contributed by atoms with Crippen LogP contribution in [0.1, 0.15) is 20.3 Å². The number of hydrogen-bond acceptors (Lipinski definition) is 3. The standard InChI is InChI=1S/C11H23N3O/c1-9(7-12)11(15)14-6-4-5-13(3)8-10(14)2/h9-10H,4-8,12H2,1-3H3. The number of hydrogen-bond donors (Lipinski definition) is 1. The minimum Gasteiger partial charge on any atom is -0.338 e. The lowest BCUT2D eigenvalue weighted by Gasteiger charge is -2.30. The Hall–Kier alpha value is -0.610. The van der Waals surface area contributed by atoms with Crippen molar-refractivity contribution in [1.82, 2.24) is 9.80 Å². The third kappa shape index (κ3) is 3.18. The number of carbonyl (C=O) groups is 1. The quantitative estimate of drug-likeness (QED) is 0.709. The third-order valence-electron chi connectivity index (χ3n) is 3.11. The molecule has 1 fully saturated rings. The number of amides is 1. The molecule has 0 aromatic rings. The van der Waals surface area contributed by atoms with Crippen LogP contribution in [0.5, 0.6) is 0 Å². The van der Waals surface area contributed by atoms with Gasteiger partial charge in [-0.25, -0.2) is 0 Å². The van der Waals surface area contributed by atoms with Crippen LogP contribution in [0.25, 0.3) is 0 Å².